The SMILES string of the molecule is N[C@@H]1COc2cccc(C(=O)N3CCCC3)c2C1. The van der Waals surface area contributed by atoms with Gasteiger partial charge in [0.2, 0.25) is 0 Å². The van der Waals surface area contributed by atoms with Gasteiger partial charge >= 0.3 is 0 Å². The molecule has 0 aromatic heterocycles. The molecule has 1 aromatic carbocycles. The van der Waals surface area contributed by atoms with E-state index < -0.39 is 0 Å². The number of carbonyl (C=O) groups excluding carboxylic acids is 1. The van der Waals surface area contributed by atoms with Crippen LogP contribution < -0.4 is 10.5 Å². The van der Waals surface area contributed by atoms with Crippen LogP contribution in [0, 0.1) is 0 Å². The number of benzene rings is 1. The summed E-state index contributed by atoms with van der Waals surface area (Å²) in [7, 11) is 0. The van der Waals surface area contributed by atoms with Crippen LogP contribution in [0.1, 0.15) is 28.8 Å². The second-order valence-corrected chi connectivity index (χ2v) is 5.06. The molecule has 1 aromatic rings. The van der Waals surface area contributed by atoms with Gasteiger partial charge in [-0.1, -0.05) is 6.07 Å². The summed E-state index contributed by atoms with van der Waals surface area (Å²) in [5, 5.41) is 0. The van der Waals surface area contributed by atoms with E-state index in [2.05, 4.69) is 0 Å². The minimum Gasteiger partial charge on any atom is -0.492 e. The summed E-state index contributed by atoms with van der Waals surface area (Å²) < 4.78 is 5.59. The molecule has 0 unspecified atom stereocenters. The van der Waals surface area contributed by atoms with Gasteiger partial charge in [-0.15, -0.1) is 0 Å². The van der Waals surface area contributed by atoms with Gasteiger partial charge in [0.15, 0.2) is 0 Å². The number of likely N-dealkylation sites (tertiary alicyclic amines) is 1. The highest BCUT2D eigenvalue weighted by atomic mass is 16.5. The molecule has 18 heavy (non-hydrogen) atoms. The number of carbonyl (C=O) groups is 1. The van der Waals surface area contributed by atoms with Crippen LogP contribution in [0.5, 0.6) is 5.75 Å². The Hall–Kier alpha value is -1.55. The number of hydrogen-bond acceptors (Lipinski definition) is 3. The first-order valence-electron chi connectivity index (χ1n) is 6.55. The van der Waals surface area contributed by atoms with E-state index in [0.29, 0.717) is 6.61 Å². The number of ether oxygens (including phenoxy) is 1. The zero-order valence-electron chi connectivity index (χ0n) is 10.4. The molecular formula is C14H18N2O2. The van der Waals surface area contributed by atoms with Crippen molar-refractivity contribution in [3.8, 4) is 5.75 Å². The zero-order chi connectivity index (χ0) is 12.5. The van der Waals surface area contributed by atoms with Crippen molar-refractivity contribution in [1.29, 1.82) is 0 Å². The van der Waals surface area contributed by atoms with Gasteiger partial charge in [-0.05, 0) is 31.4 Å². The number of rotatable bonds is 1. The van der Waals surface area contributed by atoms with Gasteiger partial charge < -0.3 is 15.4 Å². The van der Waals surface area contributed by atoms with Crippen LogP contribution >= 0.6 is 0 Å². The van der Waals surface area contributed by atoms with Gasteiger partial charge in [0, 0.05) is 30.3 Å². The van der Waals surface area contributed by atoms with Gasteiger partial charge in [0.25, 0.3) is 5.91 Å². The predicted octanol–water partition coefficient (Wildman–Crippen LogP) is 1.18. The molecule has 4 nitrogen and oxygen atoms in total. The highest BCUT2D eigenvalue weighted by molar-refractivity contribution is 5.96. The van der Waals surface area contributed by atoms with Crippen molar-refractivity contribution in [3.63, 3.8) is 0 Å². The lowest BCUT2D eigenvalue weighted by Crippen LogP contribution is -2.36. The van der Waals surface area contributed by atoms with E-state index >= 15 is 0 Å². The smallest absolute Gasteiger partial charge is 0.254 e. The Morgan fingerprint density at radius 3 is 2.89 bits per heavy atom. The standard InChI is InChI=1S/C14H18N2O2/c15-10-8-12-11(4-3-5-13(12)18-9-10)14(17)16-6-1-2-7-16/h3-5,10H,1-2,6-9,15H2/t10-/m0/s1. The molecule has 2 aliphatic rings. The Bertz CT molecular complexity index is 467. The lowest BCUT2D eigenvalue weighted by molar-refractivity contribution is 0.0790. The molecule has 4 heteroatoms. The number of hydrogen-bond donors (Lipinski definition) is 1. The highest BCUT2D eigenvalue weighted by Gasteiger charge is 2.26. The van der Waals surface area contributed by atoms with E-state index in [4.69, 9.17) is 10.5 Å². The average molecular weight is 246 g/mol. The fourth-order valence-electron chi connectivity index (χ4n) is 2.72. The van der Waals surface area contributed by atoms with E-state index in [9.17, 15) is 4.79 Å². The first-order valence-corrected chi connectivity index (χ1v) is 6.55. The van der Waals surface area contributed by atoms with Crippen molar-refractivity contribution >= 4 is 5.91 Å². The van der Waals surface area contributed by atoms with Gasteiger partial charge in [-0.25, -0.2) is 0 Å². The zero-order valence-corrected chi connectivity index (χ0v) is 10.4. The van der Waals surface area contributed by atoms with Crippen molar-refractivity contribution in [2.24, 2.45) is 5.73 Å². The maximum Gasteiger partial charge on any atom is 0.254 e. The lowest BCUT2D eigenvalue weighted by Gasteiger charge is -2.25. The molecule has 96 valence electrons. The molecule has 1 amide bonds. The van der Waals surface area contributed by atoms with Gasteiger partial charge in [-0.2, -0.15) is 0 Å². The monoisotopic (exact) mass is 246 g/mol. The second-order valence-electron chi connectivity index (χ2n) is 5.06. The van der Waals surface area contributed by atoms with Gasteiger partial charge in [-0.3, -0.25) is 4.79 Å². The van der Waals surface area contributed by atoms with Gasteiger partial charge in [0.05, 0.1) is 0 Å². The topological polar surface area (TPSA) is 55.6 Å². The molecule has 1 fully saturated rings. The molecule has 0 saturated carbocycles. The third-order valence-electron chi connectivity index (χ3n) is 3.68. The largest absolute Gasteiger partial charge is 0.492 e. The van der Waals surface area contributed by atoms with Crippen LogP contribution in [0.3, 0.4) is 0 Å². The first kappa shape index (κ1) is 11.5. The fraction of sp³-hybridized carbons (Fsp3) is 0.500. The average Bonchev–Trinajstić information content (AvgIpc) is 2.91. The molecule has 0 aliphatic carbocycles. The van der Waals surface area contributed by atoms with Crippen LogP contribution in [-0.2, 0) is 6.42 Å². The minimum atomic E-state index is -0.00923. The summed E-state index contributed by atoms with van der Waals surface area (Å²) in [4.78, 5) is 14.4. The molecular weight excluding hydrogens is 228 g/mol. The van der Waals surface area contributed by atoms with E-state index in [-0.39, 0.29) is 11.9 Å². The fourth-order valence-corrected chi connectivity index (χ4v) is 2.72. The Kier molecular flexibility index (Phi) is 2.96. The summed E-state index contributed by atoms with van der Waals surface area (Å²) in [5.74, 6) is 0.948. The van der Waals surface area contributed by atoms with Crippen molar-refractivity contribution in [1.82, 2.24) is 4.90 Å². The Balaban J connectivity index is 1.94. The normalized spacial score (nSPS) is 22.5. The predicted molar refractivity (Wildman–Crippen MR) is 68.8 cm³/mol. The summed E-state index contributed by atoms with van der Waals surface area (Å²) in [6, 6.07) is 5.69. The third-order valence-corrected chi connectivity index (χ3v) is 3.68. The number of amides is 1. The van der Waals surface area contributed by atoms with Crippen molar-refractivity contribution in [3.05, 3.63) is 29.3 Å². The molecule has 2 aliphatic heterocycles. The Morgan fingerprint density at radius 1 is 1.33 bits per heavy atom. The summed E-state index contributed by atoms with van der Waals surface area (Å²) in [6.07, 6.45) is 2.94. The quantitative estimate of drug-likeness (QED) is 0.809. The van der Waals surface area contributed by atoms with E-state index in [1.165, 1.54) is 0 Å². The molecule has 0 bridgehead atoms. The second kappa shape index (κ2) is 4.61. The summed E-state index contributed by atoms with van der Waals surface area (Å²) >= 11 is 0. The van der Waals surface area contributed by atoms with Crippen LogP contribution in [0.4, 0.5) is 0 Å². The number of nitrogens with zero attached hydrogens (tertiary/aromatic N) is 1. The Morgan fingerprint density at radius 2 is 2.11 bits per heavy atom. The maximum atomic E-state index is 12.5. The van der Waals surface area contributed by atoms with Crippen LogP contribution in [-0.4, -0.2) is 36.5 Å². The molecule has 0 spiro atoms. The van der Waals surface area contributed by atoms with Gasteiger partial charge in [0.1, 0.15) is 12.4 Å². The van der Waals surface area contributed by atoms with Crippen LogP contribution in [0.2, 0.25) is 0 Å². The molecule has 0 radical (unpaired) electrons. The minimum absolute atomic E-state index is 0.00923. The molecule has 1 atom stereocenters. The molecule has 2 heterocycles. The Labute approximate surface area is 107 Å². The molecule has 2 N–H and O–H groups in total. The van der Waals surface area contributed by atoms with Crippen LogP contribution in [0.15, 0.2) is 18.2 Å². The molecule has 3 rings (SSSR count). The van der Waals surface area contributed by atoms with E-state index in [1.807, 2.05) is 23.1 Å². The maximum absolute atomic E-state index is 12.5. The number of nitrogens with two attached hydrogens (primary N) is 1. The summed E-state index contributed by atoms with van der Waals surface area (Å²) in [5.41, 5.74) is 7.67. The third kappa shape index (κ3) is 1.97. The van der Waals surface area contributed by atoms with E-state index in [1.54, 1.807) is 0 Å². The molecule has 1 saturated heterocycles. The lowest BCUT2D eigenvalue weighted by atomic mass is 9.97. The van der Waals surface area contributed by atoms with Crippen molar-refractivity contribution < 1.29 is 9.53 Å². The van der Waals surface area contributed by atoms with Crippen molar-refractivity contribution in [2.45, 2.75) is 25.3 Å². The van der Waals surface area contributed by atoms with Crippen LogP contribution in [0.25, 0.3) is 0 Å². The number of fused-ring (bicyclic) bond motifs is 1. The van der Waals surface area contributed by atoms with E-state index in [0.717, 1.165) is 49.2 Å². The summed E-state index contributed by atoms with van der Waals surface area (Å²) in [6.45, 7) is 2.28. The van der Waals surface area contributed by atoms with Crippen molar-refractivity contribution in [2.75, 3.05) is 19.7 Å². The first-order chi connectivity index (χ1) is 8.75. The highest BCUT2D eigenvalue weighted by Crippen LogP contribution is 2.28.